The Labute approximate surface area is 223 Å². The highest BCUT2D eigenvalue weighted by Crippen LogP contribution is 2.32. The predicted molar refractivity (Wildman–Crippen MR) is 139 cm³/mol. The summed E-state index contributed by atoms with van der Waals surface area (Å²) in [5.41, 5.74) is 0.968. The van der Waals surface area contributed by atoms with Crippen LogP contribution < -0.4 is 10.4 Å². The number of carbonyl (C=O) groups is 2. The lowest BCUT2D eigenvalue weighted by Gasteiger charge is -2.32. The van der Waals surface area contributed by atoms with Gasteiger partial charge in [-0.15, -0.1) is 0 Å². The normalized spacial score (nSPS) is 15.5. The van der Waals surface area contributed by atoms with Crippen molar-refractivity contribution in [3.05, 3.63) is 67.0 Å². The number of aliphatic carboxylic acids is 1. The third-order valence-electron chi connectivity index (χ3n) is 6.94. The highest BCUT2D eigenvalue weighted by atomic mass is 35.5. The van der Waals surface area contributed by atoms with E-state index in [2.05, 4.69) is 6.58 Å². The van der Waals surface area contributed by atoms with Crippen molar-refractivity contribution < 1.29 is 27.9 Å². The molecular formula is C27H29Cl2F3N2O3. The molecule has 2 aromatic rings. The molecule has 1 N–H and O–H groups in total. The van der Waals surface area contributed by atoms with E-state index in [1.54, 1.807) is 42.8 Å². The van der Waals surface area contributed by atoms with Crippen LogP contribution in [-0.4, -0.2) is 46.9 Å². The van der Waals surface area contributed by atoms with Crippen molar-refractivity contribution in [3.8, 4) is 0 Å². The van der Waals surface area contributed by atoms with Crippen molar-refractivity contribution in [2.75, 3.05) is 20.1 Å². The fourth-order valence-corrected chi connectivity index (χ4v) is 5.10. The lowest BCUT2D eigenvalue weighted by atomic mass is 9.93. The first kappa shape index (κ1) is 28.9. The molecule has 2 aromatic carbocycles. The van der Waals surface area contributed by atoms with Gasteiger partial charge in [0.2, 0.25) is 0 Å². The minimum absolute atomic E-state index is 0.0300. The maximum absolute atomic E-state index is 13.4. The monoisotopic (exact) mass is 556 g/mol. The average molecular weight is 557 g/mol. The van der Waals surface area contributed by atoms with Gasteiger partial charge in [-0.3, -0.25) is 9.59 Å². The molecule has 1 saturated heterocycles. The smallest absolute Gasteiger partial charge is 0.416 e. The zero-order valence-electron chi connectivity index (χ0n) is 20.9. The standard InChI is InChI=1S/C27H29Cl2F3N2O3/c1-15-11-19(27(30,31)32)13-21(16(15)2)17(3)33(4)14-22-23(28)6-5-20(25(22)29)26(37)34-9-7-18(8-10-34)12-24(35)36/h5-6,11,13,18H,2,7-10,12,14H2,1,3-4H3,(H,35,36)/b21-17-. The van der Waals surface area contributed by atoms with E-state index in [-0.39, 0.29) is 35.4 Å². The zero-order chi connectivity index (χ0) is 27.7. The van der Waals surface area contributed by atoms with E-state index in [9.17, 15) is 22.8 Å². The molecule has 1 aliphatic heterocycles. The van der Waals surface area contributed by atoms with Gasteiger partial charge in [0.05, 0.1) is 16.1 Å². The molecule has 0 atom stereocenters. The molecule has 10 heteroatoms. The summed E-state index contributed by atoms with van der Waals surface area (Å²) in [6.45, 7) is 8.24. The fourth-order valence-electron chi connectivity index (χ4n) is 4.53. The lowest BCUT2D eigenvalue weighted by molar-refractivity contribution is -0.139. The van der Waals surface area contributed by atoms with Crippen LogP contribution in [0.2, 0.25) is 10.0 Å². The molecule has 37 heavy (non-hydrogen) atoms. The Balaban J connectivity index is 1.89. The first-order chi connectivity index (χ1) is 17.2. The number of carboxylic acid groups (broad SMARTS) is 1. The van der Waals surface area contributed by atoms with E-state index >= 15 is 0 Å². The highest BCUT2D eigenvalue weighted by molar-refractivity contribution is 6.38. The van der Waals surface area contributed by atoms with Crippen molar-refractivity contribution in [2.24, 2.45) is 5.92 Å². The van der Waals surface area contributed by atoms with Crippen molar-refractivity contribution in [3.63, 3.8) is 0 Å². The minimum Gasteiger partial charge on any atom is -0.481 e. The van der Waals surface area contributed by atoms with Crippen LogP contribution in [0.1, 0.15) is 53.2 Å². The number of hydrogen-bond acceptors (Lipinski definition) is 3. The molecular weight excluding hydrogens is 528 g/mol. The summed E-state index contributed by atoms with van der Waals surface area (Å²) in [4.78, 5) is 27.6. The van der Waals surface area contributed by atoms with E-state index in [1.165, 1.54) is 0 Å². The number of nitrogens with zero attached hydrogens (tertiary/aromatic N) is 2. The molecule has 0 unspecified atom stereocenters. The molecule has 1 amide bonds. The van der Waals surface area contributed by atoms with Crippen molar-refractivity contribution in [2.45, 2.75) is 45.8 Å². The Morgan fingerprint density at radius 3 is 2.38 bits per heavy atom. The summed E-state index contributed by atoms with van der Waals surface area (Å²) >= 11 is 13.1. The van der Waals surface area contributed by atoms with Crippen LogP contribution in [0.4, 0.5) is 13.2 Å². The molecule has 1 fully saturated rings. The van der Waals surface area contributed by atoms with Gasteiger partial charge in [-0.05, 0) is 67.7 Å². The number of piperidine rings is 1. The number of aryl methyl sites for hydroxylation is 1. The van der Waals surface area contributed by atoms with Crippen LogP contribution in [-0.2, 0) is 17.5 Å². The van der Waals surface area contributed by atoms with Gasteiger partial charge >= 0.3 is 12.1 Å². The van der Waals surface area contributed by atoms with E-state index in [0.717, 1.165) is 12.1 Å². The second-order valence-corrected chi connectivity index (χ2v) is 10.3. The van der Waals surface area contributed by atoms with Crippen LogP contribution in [0, 0.1) is 12.8 Å². The van der Waals surface area contributed by atoms with Crippen molar-refractivity contribution in [1.29, 1.82) is 0 Å². The van der Waals surface area contributed by atoms with Crippen LogP contribution >= 0.6 is 23.2 Å². The fraction of sp³-hybridized carbons (Fsp3) is 0.407. The van der Waals surface area contributed by atoms with Gasteiger partial charge in [0.1, 0.15) is 0 Å². The van der Waals surface area contributed by atoms with Crippen LogP contribution in [0.5, 0.6) is 0 Å². The van der Waals surface area contributed by atoms with E-state index in [0.29, 0.717) is 58.2 Å². The summed E-state index contributed by atoms with van der Waals surface area (Å²) in [5.74, 6) is -1.09. The molecule has 3 rings (SSSR count). The Kier molecular flexibility index (Phi) is 8.85. The Morgan fingerprint density at radius 1 is 1.19 bits per heavy atom. The van der Waals surface area contributed by atoms with Crippen molar-refractivity contribution in [1.82, 2.24) is 9.80 Å². The molecule has 0 aromatic heterocycles. The first-order valence-corrected chi connectivity index (χ1v) is 12.5. The summed E-state index contributed by atoms with van der Waals surface area (Å²) in [5, 5.41) is 10.4. The van der Waals surface area contributed by atoms with E-state index in [1.807, 2.05) is 0 Å². The molecule has 5 nitrogen and oxygen atoms in total. The Morgan fingerprint density at radius 2 is 1.81 bits per heavy atom. The number of likely N-dealkylation sites (tertiary alicyclic amines) is 1. The van der Waals surface area contributed by atoms with Gasteiger partial charge < -0.3 is 14.9 Å². The topological polar surface area (TPSA) is 60.9 Å². The average Bonchev–Trinajstić information content (AvgIpc) is 2.82. The van der Waals surface area contributed by atoms with Gasteiger partial charge in [-0.25, -0.2) is 0 Å². The third-order valence-corrected chi connectivity index (χ3v) is 7.73. The van der Waals surface area contributed by atoms with Gasteiger partial charge in [0.15, 0.2) is 0 Å². The third kappa shape index (κ3) is 6.60. The summed E-state index contributed by atoms with van der Waals surface area (Å²) < 4.78 is 40.2. The molecule has 1 heterocycles. The van der Waals surface area contributed by atoms with E-state index in [4.69, 9.17) is 28.3 Å². The highest BCUT2D eigenvalue weighted by Gasteiger charge is 2.31. The first-order valence-electron chi connectivity index (χ1n) is 11.8. The molecule has 200 valence electrons. The summed E-state index contributed by atoms with van der Waals surface area (Å²) in [6, 6.07) is 5.29. The van der Waals surface area contributed by atoms with Crippen molar-refractivity contribution >= 4 is 47.4 Å². The number of amides is 1. The number of carbonyl (C=O) groups excluding carboxylic acids is 1. The second-order valence-electron chi connectivity index (χ2n) is 9.48. The van der Waals surface area contributed by atoms with Gasteiger partial charge in [-0.1, -0.05) is 29.8 Å². The summed E-state index contributed by atoms with van der Waals surface area (Å²) in [6.07, 6.45) is -3.22. The maximum Gasteiger partial charge on any atom is 0.416 e. The molecule has 1 aliphatic rings. The summed E-state index contributed by atoms with van der Waals surface area (Å²) in [7, 11) is 1.71. The minimum atomic E-state index is -4.49. The van der Waals surface area contributed by atoms with Gasteiger partial charge in [0, 0.05) is 54.6 Å². The second kappa shape index (κ2) is 11.4. The molecule has 0 saturated carbocycles. The molecule has 0 spiro atoms. The maximum atomic E-state index is 13.4. The number of benzene rings is 2. The number of hydrogen-bond donors (Lipinski definition) is 1. The molecule has 0 aliphatic carbocycles. The number of alkyl halides is 3. The Hall–Kier alpha value is -2.71. The largest absolute Gasteiger partial charge is 0.481 e. The van der Waals surface area contributed by atoms with E-state index < -0.39 is 17.7 Å². The van der Waals surface area contributed by atoms with Crippen LogP contribution in [0.3, 0.4) is 0 Å². The quantitative estimate of drug-likeness (QED) is 0.523. The molecule has 0 radical (unpaired) electrons. The Bertz CT molecular complexity index is 1320. The van der Waals surface area contributed by atoms with Crippen LogP contribution in [0.15, 0.2) is 24.3 Å². The van der Waals surface area contributed by atoms with Gasteiger partial charge in [-0.2, -0.15) is 13.2 Å². The lowest BCUT2D eigenvalue weighted by Crippen LogP contribution is -2.39. The number of carboxylic acids is 1. The van der Waals surface area contributed by atoms with Gasteiger partial charge in [0.25, 0.3) is 5.91 Å². The number of rotatable bonds is 6. The molecule has 0 bridgehead atoms. The SMILES string of the molecule is C=c1c(C)cc(C(F)(F)F)c/c1=C(\C)N(C)Cc1c(Cl)ccc(C(=O)N2CCC(CC(=O)O)CC2)c1Cl. The number of halogens is 5. The van der Waals surface area contributed by atoms with Crippen LogP contribution in [0.25, 0.3) is 12.3 Å². The predicted octanol–water partition coefficient (Wildman–Crippen LogP) is 5.32. The zero-order valence-corrected chi connectivity index (χ0v) is 22.4.